The molecule has 2 rings (SSSR count). The Morgan fingerprint density at radius 1 is 1.12 bits per heavy atom. The van der Waals surface area contributed by atoms with Crippen LogP contribution in [0, 0.1) is 13.8 Å². The van der Waals surface area contributed by atoms with Crippen molar-refractivity contribution < 1.29 is 4.79 Å². The molecule has 0 bridgehead atoms. The molecule has 3 N–H and O–H groups in total. The van der Waals surface area contributed by atoms with Crippen LogP contribution in [-0.4, -0.2) is 30.4 Å². The van der Waals surface area contributed by atoms with Gasteiger partial charge in [-0.1, -0.05) is 12.1 Å². The van der Waals surface area contributed by atoms with E-state index in [1.165, 1.54) is 4.88 Å². The molecule has 1 aromatic heterocycles. The number of aryl methyl sites for hydroxylation is 2. The Balaban J connectivity index is 0.00000338. The van der Waals surface area contributed by atoms with Gasteiger partial charge in [-0.25, -0.2) is 4.98 Å². The predicted octanol–water partition coefficient (Wildman–Crippen LogP) is 2.99. The number of hydrogen-bond acceptors (Lipinski definition) is 4. The number of benzene rings is 1. The third kappa shape index (κ3) is 6.56. The second kappa shape index (κ2) is 11.1. The van der Waals surface area contributed by atoms with Crippen LogP contribution in [0.3, 0.4) is 0 Å². The third-order valence-corrected chi connectivity index (χ3v) is 4.79. The summed E-state index contributed by atoms with van der Waals surface area (Å²) in [6.45, 7) is 7.91. The van der Waals surface area contributed by atoms with Crippen LogP contribution in [0.25, 0.3) is 0 Å². The molecule has 0 fully saturated rings. The summed E-state index contributed by atoms with van der Waals surface area (Å²) in [5.74, 6) is 0.673. The normalized spacial score (nSPS) is 10.8. The van der Waals surface area contributed by atoms with Crippen LogP contribution in [0.1, 0.15) is 38.4 Å². The highest BCUT2D eigenvalue weighted by Gasteiger charge is 2.06. The number of aliphatic imine (C=N–C) groups is 1. The van der Waals surface area contributed by atoms with Crippen molar-refractivity contribution in [1.29, 1.82) is 0 Å². The molecule has 0 spiro atoms. The molecular weight excluding hydrogens is 461 g/mol. The highest BCUT2D eigenvalue weighted by Crippen LogP contribution is 2.15. The molecule has 0 saturated carbocycles. The zero-order valence-corrected chi connectivity index (χ0v) is 18.7. The minimum Gasteiger partial charge on any atom is -0.352 e. The molecule has 26 heavy (non-hydrogen) atoms. The van der Waals surface area contributed by atoms with Crippen LogP contribution in [0.5, 0.6) is 0 Å². The van der Waals surface area contributed by atoms with E-state index in [1.807, 2.05) is 38.1 Å². The number of nitrogens with zero attached hydrogens (tertiary/aromatic N) is 2. The van der Waals surface area contributed by atoms with Crippen molar-refractivity contribution >= 4 is 47.2 Å². The Hall–Kier alpha value is -1.68. The van der Waals surface area contributed by atoms with Crippen molar-refractivity contribution in [2.45, 2.75) is 33.9 Å². The van der Waals surface area contributed by atoms with E-state index in [9.17, 15) is 4.79 Å². The first-order valence-corrected chi connectivity index (χ1v) is 9.09. The summed E-state index contributed by atoms with van der Waals surface area (Å²) in [6.07, 6.45) is 0. The van der Waals surface area contributed by atoms with Crippen molar-refractivity contribution in [2.24, 2.45) is 4.99 Å². The summed E-state index contributed by atoms with van der Waals surface area (Å²) in [7, 11) is 1.74. The summed E-state index contributed by atoms with van der Waals surface area (Å²) in [6, 6.07) is 7.55. The number of nitrogens with one attached hydrogen (secondary N) is 3. The SMILES string of the molecule is CCNC(=O)c1ccc(CNC(=NC)NCc2nc(C)c(C)s2)cc1.I. The Bertz CT molecular complexity index is 723. The molecule has 1 aromatic carbocycles. The van der Waals surface area contributed by atoms with Crippen LogP contribution >= 0.6 is 35.3 Å². The van der Waals surface area contributed by atoms with Crippen LogP contribution < -0.4 is 16.0 Å². The minimum absolute atomic E-state index is 0. The Kier molecular flexibility index (Phi) is 9.57. The number of hydrogen-bond donors (Lipinski definition) is 3. The van der Waals surface area contributed by atoms with Crippen LogP contribution in [0.2, 0.25) is 0 Å². The van der Waals surface area contributed by atoms with Crippen LogP contribution in [0.4, 0.5) is 0 Å². The highest BCUT2D eigenvalue weighted by molar-refractivity contribution is 14.0. The van der Waals surface area contributed by atoms with Crippen molar-refractivity contribution in [2.75, 3.05) is 13.6 Å². The van der Waals surface area contributed by atoms with Crippen molar-refractivity contribution in [3.8, 4) is 0 Å². The Morgan fingerprint density at radius 2 is 1.77 bits per heavy atom. The van der Waals surface area contributed by atoms with E-state index in [4.69, 9.17) is 0 Å². The van der Waals surface area contributed by atoms with Gasteiger partial charge in [0.25, 0.3) is 5.91 Å². The summed E-state index contributed by atoms with van der Waals surface area (Å²) in [5, 5.41) is 10.4. The second-order valence-corrected chi connectivity index (χ2v) is 6.87. The summed E-state index contributed by atoms with van der Waals surface area (Å²) < 4.78 is 0. The molecule has 6 nitrogen and oxygen atoms in total. The first-order chi connectivity index (χ1) is 12.0. The first kappa shape index (κ1) is 22.4. The average molecular weight is 487 g/mol. The zero-order chi connectivity index (χ0) is 18.2. The van der Waals surface area contributed by atoms with Gasteiger partial charge in [0.2, 0.25) is 0 Å². The molecule has 0 aliphatic carbocycles. The fourth-order valence-corrected chi connectivity index (χ4v) is 3.09. The van der Waals surface area contributed by atoms with Gasteiger partial charge in [-0.15, -0.1) is 35.3 Å². The summed E-state index contributed by atoms with van der Waals surface area (Å²) in [5.41, 5.74) is 2.83. The predicted molar refractivity (Wildman–Crippen MR) is 118 cm³/mol. The third-order valence-electron chi connectivity index (χ3n) is 3.72. The van der Waals surface area contributed by atoms with Crippen molar-refractivity contribution in [3.05, 3.63) is 51.0 Å². The highest BCUT2D eigenvalue weighted by atomic mass is 127. The molecule has 0 aliphatic rings. The Labute approximate surface area is 175 Å². The van der Waals surface area contributed by atoms with E-state index in [-0.39, 0.29) is 29.9 Å². The molecule has 2 aromatic rings. The lowest BCUT2D eigenvalue weighted by molar-refractivity contribution is 0.0956. The van der Waals surface area contributed by atoms with E-state index in [0.29, 0.717) is 25.2 Å². The van der Waals surface area contributed by atoms with Gasteiger partial charge in [0.05, 0.1) is 12.2 Å². The van der Waals surface area contributed by atoms with E-state index < -0.39 is 0 Å². The lowest BCUT2D eigenvalue weighted by atomic mass is 10.1. The fraction of sp³-hybridized carbons (Fsp3) is 0.389. The van der Waals surface area contributed by atoms with E-state index >= 15 is 0 Å². The first-order valence-electron chi connectivity index (χ1n) is 8.28. The van der Waals surface area contributed by atoms with Crippen molar-refractivity contribution in [1.82, 2.24) is 20.9 Å². The summed E-state index contributed by atoms with van der Waals surface area (Å²) >= 11 is 1.70. The van der Waals surface area contributed by atoms with E-state index in [0.717, 1.165) is 22.2 Å². The monoisotopic (exact) mass is 487 g/mol. The maximum absolute atomic E-state index is 11.8. The quantitative estimate of drug-likeness (QED) is 0.333. The second-order valence-electron chi connectivity index (χ2n) is 5.58. The summed E-state index contributed by atoms with van der Waals surface area (Å²) in [4.78, 5) is 21.7. The van der Waals surface area contributed by atoms with Crippen LogP contribution in [-0.2, 0) is 13.1 Å². The maximum Gasteiger partial charge on any atom is 0.251 e. The lowest BCUT2D eigenvalue weighted by Crippen LogP contribution is -2.36. The number of halogens is 1. The van der Waals surface area contributed by atoms with Crippen LogP contribution in [0.15, 0.2) is 29.3 Å². The molecule has 1 heterocycles. The van der Waals surface area contributed by atoms with E-state index in [1.54, 1.807) is 18.4 Å². The van der Waals surface area contributed by atoms with Gasteiger partial charge in [0, 0.05) is 30.6 Å². The standard InChI is InChI=1S/C18H25N5OS.HI/c1-5-20-17(24)15-8-6-14(7-9-15)10-21-18(19-4)22-11-16-23-12(2)13(3)25-16;/h6-9H,5,10-11H2,1-4H3,(H,20,24)(H2,19,21,22);1H. The lowest BCUT2D eigenvalue weighted by Gasteiger charge is -2.11. The van der Waals surface area contributed by atoms with Gasteiger partial charge < -0.3 is 16.0 Å². The number of rotatable bonds is 6. The van der Waals surface area contributed by atoms with Gasteiger partial charge in [0.15, 0.2) is 5.96 Å². The molecular formula is C18H26IN5OS. The molecule has 0 saturated heterocycles. The van der Waals surface area contributed by atoms with Gasteiger partial charge in [-0.2, -0.15) is 0 Å². The molecule has 142 valence electrons. The number of carbonyl (C=O) groups excluding carboxylic acids is 1. The molecule has 0 radical (unpaired) electrons. The largest absolute Gasteiger partial charge is 0.352 e. The number of aromatic nitrogens is 1. The number of guanidine groups is 1. The number of amides is 1. The zero-order valence-electron chi connectivity index (χ0n) is 15.5. The molecule has 1 amide bonds. The average Bonchev–Trinajstić information content (AvgIpc) is 2.93. The molecule has 8 heteroatoms. The molecule has 0 unspecified atom stereocenters. The fourth-order valence-electron chi connectivity index (χ4n) is 2.22. The number of thiazole rings is 1. The van der Waals surface area contributed by atoms with E-state index in [2.05, 4.69) is 32.9 Å². The molecule has 0 aliphatic heterocycles. The van der Waals surface area contributed by atoms with Crippen molar-refractivity contribution in [3.63, 3.8) is 0 Å². The Morgan fingerprint density at radius 3 is 2.31 bits per heavy atom. The molecule has 0 atom stereocenters. The van der Waals surface area contributed by atoms with Gasteiger partial charge in [0.1, 0.15) is 5.01 Å². The smallest absolute Gasteiger partial charge is 0.251 e. The number of carbonyl (C=O) groups is 1. The van der Waals surface area contributed by atoms with Gasteiger partial charge >= 0.3 is 0 Å². The van der Waals surface area contributed by atoms with Gasteiger partial charge in [-0.3, -0.25) is 9.79 Å². The maximum atomic E-state index is 11.8. The minimum atomic E-state index is -0.0477. The topological polar surface area (TPSA) is 78.4 Å². The van der Waals surface area contributed by atoms with Gasteiger partial charge in [-0.05, 0) is 38.5 Å².